The Morgan fingerprint density at radius 1 is 1.53 bits per heavy atom. The first kappa shape index (κ1) is 12.9. The monoisotopic (exact) mass is 261 g/mol. The van der Waals surface area contributed by atoms with Crippen molar-refractivity contribution in [2.24, 2.45) is 0 Å². The number of aromatic nitrogens is 2. The zero-order valence-electron chi connectivity index (χ0n) is 10.7. The highest BCUT2D eigenvalue weighted by atomic mass is 16.5. The average Bonchev–Trinajstić information content (AvgIpc) is 2.86. The number of aromatic hydroxyl groups is 1. The SMILES string of the molecule is CCc1cn[nH]c1NC(=O)c1cc(OC)ccc1O. The van der Waals surface area contributed by atoms with Crippen molar-refractivity contribution >= 4 is 11.7 Å². The fraction of sp³-hybridized carbons (Fsp3) is 0.231. The lowest BCUT2D eigenvalue weighted by Gasteiger charge is -2.08. The van der Waals surface area contributed by atoms with Gasteiger partial charge < -0.3 is 15.2 Å². The molecule has 0 aliphatic carbocycles. The largest absolute Gasteiger partial charge is 0.507 e. The van der Waals surface area contributed by atoms with Crippen LogP contribution in [0.2, 0.25) is 0 Å². The summed E-state index contributed by atoms with van der Waals surface area (Å²) in [5, 5.41) is 19.0. The van der Waals surface area contributed by atoms with Gasteiger partial charge in [-0.2, -0.15) is 5.10 Å². The molecule has 0 bridgehead atoms. The zero-order valence-corrected chi connectivity index (χ0v) is 10.7. The number of benzene rings is 1. The normalized spacial score (nSPS) is 10.2. The molecule has 0 saturated heterocycles. The molecule has 1 heterocycles. The fourth-order valence-electron chi connectivity index (χ4n) is 1.69. The molecule has 0 aliphatic rings. The third kappa shape index (κ3) is 2.67. The number of carbonyl (C=O) groups excluding carboxylic acids is 1. The van der Waals surface area contributed by atoms with Crippen LogP contribution < -0.4 is 10.1 Å². The Kier molecular flexibility index (Phi) is 3.70. The van der Waals surface area contributed by atoms with E-state index in [1.165, 1.54) is 19.2 Å². The Labute approximate surface area is 110 Å². The second-order valence-corrected chi connectivity index (χ2v) is 3.96. The third-order valence-corrected chi connectivity index (χ3v) is 2.79. The number of hydrogen-bond donors (Lipinski definition) is 3. The number of aryl methyl sites for hydroxylation is 1. The van der Waals surface area contributed by atoms with Gasteiger partial charge in [0.1, 0.15) is 17.3 Å². The third-order valence-electron chi connectivity index (χ3n) is 2.79. The maximum atomic E-state index is 12.1. The van der Waals surface area contributed by atoms with E-state index in [0.29, 0.717) is 11.6 Å². The highest BCUT2D eigenvalue weighted by molar-refractivity contribution is 6.06. The highest BCUT2D eigenvalue weighted by Crippen LogP contribution is 2.24. The summed E-state index contributed by atoms with van der Waals surface area (Å²) in [6.07, 6.45) is 2.40. The number of aromatic amines is 1. The number of carbonyl (C=O) groups is 1. The van der Waals surface area contributed by atoms with E-state index in [0.717, 1.165) is 12.0 Å². The number of amides is 1. The van der Waals surface area contributed by atoms with Crippen molar-refractivity contribution in [3.63, 3.8) is 0 Å². The van der Waals surface area contributed by atoms with Crippen LogP contribution >= 0.6 is 0 Å². The second-order valence-electron chi connectivity index (χ2n) is 3.96. The smallest absolute Gasteiger partial charge is 0.260 e. The second kappa shape index (κ2) is 5.43. The van der Waals surface area contributed by atoms with Crippen LogP contribution in [0.3, 0.4) is 0 Å². The van der Waals surface area contributed by atoms with Crippen molar-refractivity contribution in [3.8, 4) is 11.5 Å². The van der Waals surface area contributed by atoms with Crippen LogP contribution in [-0.2, 0) is 6.42 Å². The van der Waals surface area contributed by atoms with Gasteiger partial charge in [0.25, 0.3) is 5.91 Å². The van der Waals surface area contributed by atoms with Crippen molar-refractivity contribution in [2.45, 2.75) is 13.3 Å². The minimum atomic E-state index is -0.421. The predicted molar refractivity (Wildman–Crippen MR) is 70.6 cm³/mol. The molecule has 0 saturated carbocycles. The molecule has 0 aliphatic heterocycles. The lowest BCUT2D eigenvalue weighted by molar-refractivity contribution is 0.102. The van der Waals surface area contributed by atoms with E-state index in [4.69, 9.17) is 4.74 Å². The van der Waals surface area contributed by atoms with Gasteiger partial charge in [0.2, 0.25) is 0 Å². The number of hydrogen-bond acceptors (Lipinski definition) is 4. The number of methoxy groups -OCH3 is 1. The van der Waals surface area contributed by atoms with E-state index in [9.17, 15) is 9.90 Å². The summed E-state index contributed by atoms with van der Waals surface area (Å²) in [4.78, 5) is 12.1. The summed E-state index contributed by atoms with van der Waals surface area (Å²) < 4.78 is 5.03. The van der Waals surface area contributed by atoms with Crippen molar-refractivity contribution in [2.75, 3.05) is 12.4 Å². The highest BCUT2D eigenvalue weighted by Gasteiger charge is 2.14. The van der Waals surface area contributed by atoms with Crippen LogP contribution in [0.4, 0.5) is 5.82 Å². The topological polar surface area (TPSA) is 87.2 Å². The van der Waals surface area contributed by atoms with Gasteiger partial charge in [-0.15, -0.1) is 0 Å². The first-order chi connectivity index (χ1) is 9.15. The molecule has 6 heteroatoms. The molecule has 2 rings (SSSR count). The summed E-state index contributed by atoms with van der Waals surface area (Å²) in [6.45, 7) is 1.96. The molecule has 100 valence electrons. The summed E-state index contributed by atoms with van der Waals surface area (Å²) >= 11 is 0. The molecule has 1 amide bonds. The summed E-state index contributed by atoms with van der Waals surface area (Å²) in [6, 6.07) is 4.48. The number of phenolic OH excluding ortho intramolecular Hbond substituents is 1. The molecule has 19 heavy (non-hydrogen) atoms. The number of nitrogens with zero attached hydrogens (tertiary/aromatic N) is 1. The van der Waals surface area contributed by atoms with Gasteiger partial charge in [0, 0.05) is 5.56 Å². The van der Waals surface area contributed by atoms with Crippen LogP contribution in [0.15, 0.2) is 24.4 Å². The van der Waals surface area contributed by atoms with Crippen molar-refractivity contribution in [1.29, 1.82) is 0 Å². The number of rotatable bonds is 4. The Balaban J connectivity index is 2.25. The van der Waals surface area contributed by atoms with Crippen molar-refractivity contribution in [1.82, 2.24) is 10.2 Å². The summed E-state index contributed by atoms with van der Waals surface area (Å²) in [5.41, 5.74) is 1.05. The molecule has 0 radical (unpaired) electrons. The number of phenols is 1. The number of H-pyrrole nitrogens is 1. The molecule has 0 fully saturated rings. The molecule has 0 atom stereocenters. The quantitative estimate of drug-likeness (QED) is 0.784. The van der Waals surface area contributed by atoms with Gasteiger partial charge in [0.15, 0.2) is 0 Å². The van der Waals surface area contributed by atoms with E-state index in [1.807, 2.05) is 6.92 Å². The Bertz CT molecular complexity index is 593. The molecule has 2 aromatic rings. The van der Waals surface area contributed by atoms with Crippen LogP contribution in [0.1, 0.15) is 22.8 Å². The van der Waals surface area contributed by atoms with Gasteiger partial charge in [-0.1, -0.05) is 6.92 Å². The van der Waals surface area contributed by atoms with Gasteiger partial charge in [0.05, 0.1) is 18.9 Å². The summed E-state index contributed by atoms with van der Waals surface area (Å²) in [5.74, 6) is 0.518. The molecule has 3 N–H and O–H groups in total. The number of anilines is 1. The first-order valence-corrected chi connectivity index (χ1v) is 5.86. The Morgan fingerprint density at radius 3 is 3.00 bits per heavy atom. The molecule has 0 unspecified atom stereocenters. The van der Waals surface area contributed by atoms with E-state index < -0.39 is 5.91 Å². The van der Waals surface area contributed by atoms with Crippen LogP contribution in [0.5, 0.6) is 11.5 Å². The fourth-order valence-corrected chi connectivity index (χ4v) is 1.69. The molecule has 1 aromatic heterocycles. The number of nitrogens with one attached hydrogen (secondary N) is 2. The maximum absolute atomic E-state index is 12.1. The van der Waals surface area contributed by atoms with Gasteiger partial charge in [-0.3, -0.25) is 9.89 Å². The predicted octanol–water partition coefficient (Wildman–Crippen LogP) is 1.94. The molecular formula is C13H15N3O3. The van der Waals surface area contributed by atoms with Crippen molar-refractivity contribution in [3.05, 3.63) is 35.5 Å². The Hall–Kier alpha value is -2.50. The van der Waals surface area contributed by atoms with Gasteiger partial charge in [-0.25, -0.2) is 0 Å². The minimum absolute atomic E-state index is 0.101. The van der Waals surface area contributed by atoms with Gasteiger partial charge in [-0.05, 0) is 24.6 Å². The molecule has 6 nitrogen and oxygen atoms in total. The lowest BCUT2D eigenvalue weighted by Crippen LogP contribution is -2.13. The first-order valence-electron chi connectivity index (χ1n) is 5.86. The lowest BCUT2D eigenvalue weighted by atomic mass is 10.1. The Morgan fingerprint density at radius 2 is 2.32 bits per heavy atom. The zero-order chi connectivity index (χ0) is 13.8. The standard InChI is InChI=1S/C13H15N3O3/c1-3-8-7-14-16-12(8)15-13(18)10-6-9(19-2)4-5-11(10)17/h4-7,17H,3H2,1-2H3,(H2,14,15,16,18). The molecule has 0 spiro atoms. The van der Waals surface area contributed by atoms with Crippen LogP contribution in [-0.4, -0.2) is 28.3 Å². The van der Waals surface area contributed by atoms with Crippen molar-refractivity contribution < 1.29 is 14.6 Å². The van der Waals surface area contributed by atoms with Crippen LogP contribution in [0.25, 0.3) is 0 Å². The average molecular weight is 261 g/mol. The van der Waals surface area contributed by atoms with E-state index in [-0.39, 0.29) is 11.3 Å². The van der Waals surface area contributed by atoms with E-state index in [1.54, 1.807) is 12.3 Å². The molecule has 1 aromatic carbocycles. The summed E-state index contributed by atoms with van der Waals surface area (Å²) in [7, 11) is 1.50. The van der Waals surface area contributed by atoms with Crippen LogP contribution in [0, 0.1) is 0 Å². The van der Waals surface area contributed by atoms with E-state index >= 15 is 0 Å². The van der Waals surface area contributed by atoms with Gasteiger partial charge >= 0.3 is 0 Å². The number of ether oxygens (including phenoxy) is 1. The molecular weight excluding hydrogens is 246 g/mol. The van der Waals surface area contributed by atoms with E-state index in [2.05, 4.69) is 15.5 Å². The minimum Gasteiger partial charge on any atom is -0.507 e. The maximum Gasteiger partial charge on any atom is 0.260 e.